The van der Waals surface area contributed by atoms with Crippen LogP contribution in [0.25, 0.3) is 10.7 Å². The fraction of sp³-hybridized carbons (Fsp3) is 0.444. The number of aromatic amines is 1. The van der Waals surface area contributed by atoms with E-state index in [0.29, 0.717) is 0 Å². The molecule has 0 fully saturated rings. The number of H-pyrrole nitrogens is 1. The molecule has 0 aliphatic heterocycles. The SMILES string of the molecule is CNC(C)(C)c1csc(-c2cn[nH]n2)n1. The van der Waals surface area contributed by atoms with Gasteiger partial charge in [-0.2, -0.15) is 15.4 Å². The van der Waals surface area contributed by atoms with E-state index in [1.165, 1.54) is 0 Å². The van der Waals surface area contributed by atoms with E-state index in [4.69, 9.17) is 0 Å². The number of thiazole rings is 1. The molecule has 2 aromatic heterocycles. The summed E-state index contributed by atoms with van der Waals surface area (Å²) < 4.78 is 0. The van der Waals surface area contributed by atoms with Gasteiger partial charge in [0.1, 0.15) is 10.7 Å². The lowest BCUT2D eigenvalue weighted by Crippen LogP contribution is -2.33. The predicted octanol–water partition coefficient (Wildman–Crippen LogP) is 1.38. The third kappa shape index (κ3) is 1.91. The van der Waals surface area contributed by atoms with Crippen molar-refractivity contribution in [1.82, 2.24) is 25.7 Å². The van der Waals surface area contributed by atoms with Crippen LogP contribution < -0.4 is 5.32 Å². The molecule has 2 rings (SSSR count). The Labute approximate surface area is 91.9 Å². The van der Waals surface area contributed by atoms with Gasteiger partial charge in [0.05, 0.1) is 17.4 Å². The van der Waals surface area contributed by atoms with Crippen LogP contribution in [0.2, 0.25) is 0 Å². The Morgan fingerprint density at radius 1 is 1.47 bits per heavy atom. The third-order valence-corrected chi connectivity index (χ3v) is 3.27. The lowest BCUT2D eigenvalue weighted by atomic mass is 10.0. The van der Waals surface area contributed by atoms with Crippen molar-refractivity contribution < 1.29 is 0 Å². The fourth-order valence-corrected chi connectivity index (χ4v) is 2.05. The minimum atomic E-state index is -0.113. The van der Waals surface area contributed by atoms with Crippen LogP contribution in [0.5, 0.6) is 0 Å². The smallest absolute Gasteiger partial charge is 0.145 e. The number of rotatable bonds is 3. The van der Waals surface area contributed by atoms with Crippen LogP contribution in [0.4, 0.5) is 0 Å². The summed E-state index contributed by atoms with van der Waals surface area (Å²) in [7, 11) is 1.93. The van der Waals surface area contributed by atoms with Crippen LogP contribution >= 0.6 is 11.3 Å². The Kier molecular flexibility index (Phi) is 2.54. The van der Waals surface area contributed by atoms with Crippen molar-refractivity contribution in [3.63, 3.8) is 0 Å². The molecule has 2 heterocycles. The number of hydrogen-bond acceptors (Lipinski definition) is 5. The maximum atomic E-state index is 4.53. The van der Waals surface area contributed by atoms with Gasteiger partial charge in [0.25, 0.3) is 0 Å². The van der Waals surface area contributed by atoms with E-state index >= 15 is 0 Å². The Morgan fingerprint density at radius 2 is 2.27 bits per heavy atom. The fourth-order valence-electron chi connectivity index (χ4n) is 1.11. The van der Waals surface area contributed by atoms with Gasteiger partial charge in [0.2, 0.25) is 0 Å². The van der Waals surface area contributed by atoms with Gasteiger partial charge < -0.3 is 5.32 Å². The van der Waals surface area contributed by atoms with Crippen LogP contribution in [-0.4, -0.2) is 27.4 Å². The van der Waals surface area contributed by atoms with Crippen molar-refractivity contribution in [3.8, 4) is 10.7 Å². The van der Waals surface area contributed by atoms with Crippen LogP contribution in [-0.2, 0) is 5.54 Å². The van der Waals surface area contributed by atoms with Crippen molar-refractivity contribution in [2.75, 3.05) is 7.05 Å². The number of aromatic nitrogens is 4. The molecule has 0 saturated heterocycles. The van der Waals surface area contributed by atoms with Gasteiger partial charge in [-0.25, -0.2) is 4.98 Å². The Morgan fingerprint density at radius 3 is 2.87 bits per heavy atom. The molecular weight excluding hydrogens is 210 g/mol. The number of nitrogens with one attached hydrogen (secondary N) is 2. The first kappa shape index (κ1) is 10.3. The summed E-state index contributed by atoms with van der Waals surface area (Å²) in [5, 5.41) is 16.5. The van der Waals surface area contributed by atoms with Gasteiger partial charge in [-0.3, -0.25) is 0 Å². The third-order valence-electron chi connectivity index (χ3n) is 2.40. The van der Waals surface area contributed by atoms with Crippen molar-refractivity contribution in [2.45, 2.75) is 19.4 Å². The van der Waals surface area contributed by atoms with Crippen LogP contribution in [0.3, 0.4) is 0 Å². The standard InChI is InChI=1S/C9H13N5S/c1-9(2,10-3)7-5-15-8(12-7)6-4-11-14-13-6/h4-5,10H,1-3H3,(H,11,13,14). The Balaban J connectivity index is 2.33. The van der Waals surface area contributed by atoms with E-state index < -0.39 is 0 Å². The summed E-state index contributed by atoms with van der Waals surface area (Å²) in [6, 6.07) is 0. The molecule has 0 aliphatic carbocycles. The van der Waals surface area contributed by atoms with Crippen molar-refractivity contribution in [2.24, 2.45) is 0 Å². The molecule has 0 radical (unpaired) electrons. The second-order valence-corrected chi connectivity index (χ2v) is 4.63. The zero-order valence-corrected chi connectivity index (χ0v) is 9.72. The topological polar surface area (TPSA) is 66.5 Å². The maximum absolute atomic E-state index is 4.53. The summed E-state index contributed by atoms with van der Waals surface area (Å²) in [5.74, 6) is 0. The highest BCUT2D eigenvalue weighted by Gasteiger charge is 2.21. The Hall–Kier alpha value is -1.27. The van der Waals surface area contributed by atoms with E-state index in [9.17, 15) is 0 Å². The molecule has 0 unspecified atom stereocenters. The van der Waals surface area contributed by atoms with E-state index in [0.717, 1.165) is 16.4 Å². The first-order valence-corrected chi connectivity index (χ1v) is 5.52. The lowest BCUT2D eigenvalue weighted by Gasteiger charge is -2.21. The summed E-state index contributed by atoms with van der Waals surface area (Å²) in [6.45, 7) is 4.18. The molecule has 6 heteroatoms. The second kappa shape index (κ2) is 3.71. The minimum Gasteiger partial charge on any atom is -0.310 e. The zero-order valence-electron chi connectivity index (χ0n) is 8.90. The molecule has 0 aliphatic rings. The molecular formula is C9H13N5S. The highest BCUT2D eigenvalue weighted by atomic mass is 32.1. The lowest BCUT2D eigenvalue weighted by molar-refractivity contribution is 0.434. The van der Waals surface area contributed by atoms with Gasteiger partial charge in [-0.05, 0) is 20.9 Å². The predicted molar refractivity (Wildman–Crippen MR) is 59.6 cm³/mol. The monoisotopic (exact) mass is 223 g/mol. The average Bonchev–Trinajstić information content (AvgIpc) is 2.88. The molecule has 0 atom stereocenters. The maximum Gasteiger partial charge on any atom is 0.145 e. The molecule has 0 amide bonds. The van der Waals surface area contributed by atoms with Gasteiger partial charge in [-0.1, -0.05) is 0 Å². The Bertz CT molecular complexity index is 431. The molecule has 80 valence electrons. The van der Waals surface area contributed by atoms with Crippen LogP contribution in [0.1, 0.15) is 19.5 Å². The normalized spacial score (nSPS) is 11.9. The molecule has 0 bridgehead atoms. The molecule has 5 nitrogen and oxygen atoms in total. The van der Waals surface area contributed by atoms with Crippen molar-refractivity contribution >= 4 is 11.3 Å². The van der Waals surface area contributed by atoms with Crippen molar-refractivity contribution in [3.05, 3.63) is 17.3 Å². The summed E-state index contributed by atoms with van der Waals surface area (Å²) in [6.07, 6.45) is 1.68. The molecule has 0 aromatic carbocycles. The number of nitrogens with zero attached hydrogens (tertiary/aromatic N) is 3. The van der Waals surface area contributed by atoms with E-state index in [1.807, 2.05) is 12.4 Å². The first-order chi connectivity index (χ1) is 7.13. The van der Waals surface area contributed by atoms with Gasteiger partial charge in [-0.15, -0.1) is 11.3 Å². The molecule has 0 saturated carbocycles. The highest BCUT2D eigenvalue weighted by Crippen LogP contribution is 2.26. The van der Waals surface area contributed by atoms with Crippen molar-refractivity contribution in [1.29, 1.82) is 0 Å². The summed E-state index contributed by atoms with van der Waals surface area (Å²) in [4.78, 5) is 4.53. The highest BCUT2D eigenvalue weighted by molar-refractivity contribution is 7.13. The quantitative estimate of drug-likeness (QED) is 0.825. The van der Waals surface area contributed by atoms with Gasteiger partial charge in [0, 0.05) is 5.38 Å². The first-order valence-electron chi connectivity index (χ1n) is 4.64. The average molecular weight is 223 g/mol. The summed E-state index contributed by atoms with van der Waals surface area (Å²) in [5.41, 5.74) is 1.70. The number of hydrogen-bond donors (Lipinski definition) is 2. The minimum absolute atomic E-state index is 0.113. The zero-order chi connectivity index (χ0) is 10.9. The molecule has 2 aromatic rings. The van der Waals surface area contributed by atoms with Gasteiger partial charge >= 0.3 is 0 Å². The van der Waals surface area contributed by atoms with Crippen LogP contribution in [0.15, 0.2) is 11.6 Å². The summed E-state index contributed by atoms with van der Waals surface area (Å²) >= 11 is 1.58. The molecule has 2 N–H and O–H groups in total. The van der Waals surface area contributed by atoms with E-state index in [-0.39, 0.29) is 5.54 Å². The largest absolute Gasteiger partial charge is 0.310 e. The van der Waals surface area contributed by atoms with E-state index in [2.05, 4.69) is 39.6 Å². The van der Waals surface area contributed by atoms with Crippen LogP contribution in [0, 0.1) is 0 Å². The molecule has 0 spiro atoms. The molecule has 15 heavy (non-hydrogen) atoms. The second-order valence-electron chi connectivity index (χ2n) is 3.77. The van der Waals surface area contributed by atoms with E-state index in [1.54, 1.807) is 17.5 Å². The van der Waals surface area contributed by atoms with Gasteiger partial charge in [0.15, 0.2) is 0 Å².